The number of benzene rings is 4. The number of carbonyl (C=O) groups excluding carboxylic acids is 2. The maximum atomic E-state index is 13.8. The average molecular weight is 1150 g/mol. The van der Waals surface area contributed by atoms with Crippen LogP contribution in [0, 0.1) is 78.8 Å². The van der Waals surface area contributed by atoms with E-state index in [1.54, 1.807) is 0 Å². The van der Waals surface area contributed by atoms with E-state index in [1.807, 2.05) is 72.8 Å². The van der Waals surface area contributed by atoms with Crippen molar-refractivity contribution in [1.82, 2.24) is 0 Å². The quantitative estimate of drug-likeness (QED) is 0.0544. The standard InChI is InChI=1S/C70H84N2O12/c1-36(73)83-51-31-64(4)46-18-24-70-33-68(70,54(78)20-22-66(70,6)60(46)50(76)29-48(64)57(51)55(61(79)80)42-13-11-38-9-7-8-10-39(38)25-42)35-72-44-16-15-40-26-43(14-12-41(40)27-44)56(62(81)82)58-47-28-49(75)59-45(63(47,3)30-52(58)84-37(2)74)17-23-69-32-67(69,34-71)53(77)19-21-65(59,69)5/h7-16,25-27,45-54,59-60,72,75-78H,17-24,28-35,71H2,1-6H3,(H,79,80)(H,81,82)/b57-55-,58-56-/t45?,46?,47-,48-,49+,50+,51-,52-,53+,54+,59-,60-,63+,64+,65+,66+,67?,68?,69-,70-/m0/s1. The molecule has 9 N–H and O–H groups in total. The highest BCUT2D eigenvalue weighted by Gasteiger charge is 2.84. The lowest BCUT2D eigenvalue weighted by Gasteiger charge is -2.64. The van der Waals surface area contributed by atoms with E-state index in [1.165, 1.54) is 13.8 Å². The van der Waals surface area contributed by atoms with Gasteiger partial charge in [-0.2, -0.15) is 0 Å². The number of hydrogen-bond donors (Lipinski definition) is 8. The van der Waals surface area contributed by atoms with Crippen LogP contribution in [0.3, 0.4) is 0 Å². The van der Waals surface area contributed by atoms with Gasteiger partial charge >= 0.3 is 23.9 Å². The third-order valence-electron chi connectivity index (χ3n) is 26.9. The molecule has 0 aromatic heterocycles. The summed E-state index contributed by atoms with van der Waals surface area (Å²) < 4.78 is 12.3. The van der Waals surface area contributed by atoms with Crippen molar-refractivity contribution in [1.29, 1.82) is 0 Å². The Morgan fingerprint density at radius 1 is 0.571 bits per heavy atom. The molecular weight excluding hydrogens is 1060 g/mol. The van der Waals surface area contributed by atoms with Gasteiger partial charge in [-0.3, -0.25) is 9.59 Å². The molecule has 446 valence electrons. The predicted molar refractivity (Wildman–Crippen MR) is 317 cm³/mol. The average Bonchev–Trinajstić information content (AvgIpc) is 1.51. The van der Waals surface area contributed by atoms with Crippen molar-refractivity contribution in [3.8, 4) is 0 Å². The molecular formula is C70H84N2O12. The van der Waals surface area contributed by atoms with Crippen molar-refractivity contribution in [3.05, 3.63) is 101 Å². The first-order valence-corrected chi connectivity index (χ1v) is 31.4. The number of ether oxygens (including phenoxy) is 2. The SMILES string of the molecule is CC(=O)O[C@H]1C[C@]2(C)C3CC[C@@]45CC4(CN)[C@H](O)CC[C@]5(C)[C@@H]3[C@H](O)C[C@H]2/C1=C(/C(=O)O)c1ccc2cc(NCC34C[C@]35CCC3[C@@H]([C@H](O)C[C@H]6/C(=C(/C(=O)O)c7ccc8ccccc8c7)[C@@H](OC(C)=O)C[C@]36C)[C@@]5(C)CC[C@H]4O)ccc2c1. The second-order valence-electron chi connectivity index (χ2n) is 29.6. The number of carbonyl (C=O) groups is 4. The van der Waals surface area contributed by atoms with Crippen LogP contribution in [0.4, 0.5) is 5.69 Å². The van der Waals surface area contributed by atoms with Crippen LogP contribution in [-0.2, 0) is 28.7 Å². The zero-order valence-electron chi connectivity index (χ0n) is 49.5. The molecule has 0 radical (unpaired) electrons. The van der Waals surface area contributed by atoms with Gasteiger partial charge in [0.25, 0.3) is 0 Å². The second kappa shape index (κ2) is 18.7. The predicted octanol–water partition coefficient (Wildman–Crippen LogP) is 10.3. The molecule has 0 saturated heterocycles. The third-order valence-corrected chi connectivity index (χ3v) is 26.9. The van der Waals surface area contributed by atoms with E-state index >= 15 is 0 Å². The summed E-state index contributed by atoms with van der Waals surface area (Å²) in [5.74, 6) is -3.96. The zero-order valence-corrected chi connectivity index (χ0v) is 49.5. The van der Waals surface area contributed by atoms with Crippen molar-refractivity contribution in [2.24, 2.45) is 84.6 Å². The van der Waals surface area contributed by atoms with Crippen molar-refractivity contribution in [2.75, 3.05) is 18.4 Å². The highest BCUT2D eigenvalue weighted by molar-refractivity contribution is 6.18. The molecule has 14 nitrogen and oxygen atoms in total. The molecule has 84 heavy (non-hydrogen) atoms. The number of aliphatic carboxylic acids is 2. The molecule has 4 aromatic rings. The highest BCUT2D eigenvalue weighted by atomic mass is 16.5. The Bertz CT molecular complexity index is 3560. The minimum Gasteiger partial charge on any atom is -0.478 e. The molecule has 0 heterocycles. The van der Waals surface area contributed by atoms with E-state index in [-0.39, 0.29) is 73.7 Å². The molecule has 10 saturated carbocycles. The summed E-state index contributed by atoms with van der Waals surface area (Å²) in [4.78, 5) is 53.2. The van der Waals surface area contributed by atoms with Gasteiger partial charge in [0, 0.05) is 43.5 Å². The maximum absolute atomic E-state index is 13.8. The van der Waals surface area contributed by atoms with E-state index in [0.29, 0.717) is 73.9 Å². The normalized spacial score (nSPS) is 45.0. The Hall–Kier alpha value is -5.64. The number of fused-ring (bicyclic) bond motifs is 10. The summed E-state index contributed by atoms with van der Waals surface area (Å²) in [5, 5.41) is 78.5. The number of nitrogens with two attached hydrogens (primary N) is 1. The molecule has 4 unspecified atom stereocenters. The van der Waals surface area contributed by atoms with Gasteiger partial charge in [-0.05, 0) is 226 Å². The van der Waals surface area contributed by atoms with Crippen LogP contribution in [0.5, 0.6) is 0 Å². The van der Waals surface area contributed by atoms with Gasteiger partial charge in [0.1, 0.15) is 12.2 Å². The Balaban J connectivity index is 0.735. The fourth-order valence-electron chi connectivity index (χ4n) is 23.3. The monoisotopic (exact) mass is 1140 g/mol. The minimum absolute atomic E-state index is 0.0112. The molecule has 20 atom stereocenters. The van der Waals surface area contributed by atoms with Crippen LogP contribution in [-0.4, -0.2) is 104 Å². The van der Waals surface area contributed by atoms with Crippen LogP contribution in [0.2, 0.25) is 0 Å². The van der Waals surface area contributed by atoms with Gasteiger partial charge in [-0.15, -0.1) is 0 Å². The number of aliphatic hydroxyl groups is 4. The lowest BCUT2D eigenvalue weighted by atomic mass is 9.41. The van der Waals surface area contributed by atoms with Crippen molar-refractivity contribution in [2.45, 2.75) is 168 Å². The van der Waals surface area contributed by atoms with E-state index in [2.05, 4.69) is 39.1 Å². The summed E-state index contributed by atoms with van der Waals surface area (Å²) in [5.41, 5.74) is 7.10. The lowest BCUT2D eigenvalue weighted by molar-refractivity contribution is -0.195. The molecule has 0 amide bonds. The first kappa shape index (κ1) is 56.2. The van der Waals surface area contributed by atoms with Crippen molar-refractivity contribution in [3.63, 3.8) is 0 Å². The summed E-state index contributed by atoms with van der Waals surface area (Å²) in [7, 11) is 0. The summed E-state index contributed by atoms with van der Waals surface area (Å²) in [6, 6.07) is 25.3. The summed E-state index contributed by atoms with van der Waals surface area (Å²) in [6.45, 7) is 12.8. The van der Waals surface area contributed by atoms with Crippen LogP contribution in [0.25, 0.3) is 32.7 Å². The third kappa shape index (κ3) is 7.32. The second-order valence-corrected chi connectivity index (χ2v) is 29.6. The molecule has 10 aliphatic rings. The molecule has 14 heteroatoms. The minimum atomic E-state index is -1.11. The highest BCUT2D eigenvalue weighted by Crippen LogP contribution is 2.87. The number of anilines is 1. The Labute approximate surface area is 491 Å². The number of hydrogen-bond acceptors (Lipinski definition) is 12. The van der Waals surface area contributed by atoms with Gasteiger partial charge in [0.05, 0.1) is 35.6 Å². The largest absolute Gasteiger partial charge is 0.478 e. The molecule has 10 fully saturated rings. The van der Waals surface area contributed by atoms with Crippen LogP contribution >= 0.6 is 0 Å². The van der Waals surface area contributed by atoms with E-state index in [0.717, 1.165) is 78.6 Å². The van der Waals surface area contributed by atoms with Crippen LogP contribution in [0.1, 0.15) is 143 Å². The smallest absolute Gasteiger partial charge is 0.336 e. The molecule has 10 aliphatic carbocycles. The Kier molecular flexibility index (Phi) is 12.5. The van der Waals surface area contributed by atoms with Crippen molar-refractivity contribution >= 4 is 62.3 Å². The summed E-state index contributed by atoms with van der Waals surface area (Å²) >= 11 is 0. The number of aliphatic hydroxyl groups excluding tert-OH is 4. The number of carboxylic acid groups (broad SMARTS) is 2. The summed E-state index contributed by atoms with van der Waals surface area (Å²) in [6.07, 6.45) is 5.41. The number of rotatable bonds is 10. The van der Waals surface area contributed by atoms with E-state index < -0.39 is 76.7 Å². The van der Waals surface area contributed by atoms with Gasteiger partial charge in [0.15, 0.2) is 0 Å². The Morgan fingerprint density at radius 2 is 1.01 bits per heavy atom. The Morgan fingerprint density at radius 3 is 1.51 bits per heavy atom. The first-order valence-electron chi connectivity index (χ1n) is 31.4. The van der Waals surface area contributed by atoms with Crippen LogP contribution in [0.15, 0.2) is 90.0 Å². The fourth-order valence-corrected chi connectivity index (χ4v) is 23.3. The van der Waals surface area contributed by atoms with Gasteiger partial charge in [-0.25, -0.2) is 9.59 Å². The maximum Gasteiger partial charge on any atom is 0.336 e. The zero-order chi connectivity index (χ0) is 59.2. The number of carboxylic acids is 2. The van der Waals surface area contributed by atoms with Crippen LogP contribution < -0.4 is 11.1 Å². The molecule has 0 bridgehead atoms. The molecule has 14 rings (SSSR count). The number of nitrogens with one attached hydrogen (secondary N) is 1. The van der Waals surface area contributed by atoms with Gasteiger partial charge in [-0.1, -0.05) is 82.3 Å². The van der Waals surface area contributed by atoms with Gasteiger partial charge in [0.2, 0.25) is 0 Å². The fraction of sp³-hybridized carbons (Fsp3) is 0.600. The van der Waals surface area contributed by atoms with Gasteiger partial charge < -0.3 is 51.2 Å². The van der Waals surface area contributed by atoms with E-state index in [4.69, 9.17) is 15.2 Å². The number of esters is 2. The molecule has 4 aromatic carbocycles. The lowest BCUT2D eigenvalue weighted by Crippen LogP contribution is -2.62. The van der Waals surface area contributed by atoms with Crippen molar-refractivity contribution < 1.29 is 59.3 Å². The van der Waals surface area contributed by atoms with E-state index in [9.17, 15) is 49.8 Å². The molecule has 0 aliphatic heterocycles. The molecule has 2 spiro atoms. The first-order chi connectivity index (χ1) is 39.9. The topological polar surface area (TPSA) is 246 Å².